The molecule has 0 spiro atoms. The second-order valence-electron chi connectivity index (χ2n) is 5.50. The van der Waals surface area contributed by atoms with Gasteiger partial charge in [-0.3, -0.25) is 4.79 Å². The Kier molecular flexibility index (Phi) is 7.29. The molecule has 1 N–H and O–H groups in total. The van der Waals surface area contributed by atoms with Gasteiger partial charge < -0.3 is 4.74 Å². The summed E-state index contributed by atoms with van der Waals surface area (Å²) in [5, 5.41) is 5.08. The summed E-state index contributed by atoms with van der Waals surface area (Å²) in [4.78, 5) is 12.2. The van der Waals surface area contributed by atoms with Gasteiger partial charge in [-0.15, -0.1) is 0 Å². The molecular formula is C19H20Cl2N2O2. The molecular weight excluding hydrogens is 359 g/mol. The molecule has 0 aliphatic carbocycles. The molecule has 0 saturated carbocycles. The SMILES string of the molecule is CC/C(Cc1ccccc1)=N/NC(=O)[C@H](C)Oc1ccc(Cl)cc1Cl. The Hall–Kier alpha value is -2.04. The van der Waals surface area contributed by atoms with Crippen LogP contribution in [0.15, 0.2) is 53.6 Å². The van der Waals surface area contributed by atoms with E-state index in [9.17, 15) is 4.79 Å². The van der Waals surface area contributed by atoms with Gasteiger partial charge in [-0.05, 0) is 37.1 Å². The Bertz CT molecular complexity index is 748. The fourth-order valence-corrected chi connectivity index (χ4v) is 2.57. The van der Waals surface area contributed by atoms with Gasteiger partial charge in [-0.2, -0.15) is 5.10 Å². The van der Waals surface area contributed by atoms with Gasteiger partial charge in [0.15, 0.2) is 6.10 Å². The maximum Gasteiger partial charge on any atom is 0.280 e. The Morgan fingerprint density at radius 3 is 2.56 bits per heavy atom. The van der Waals surface area contributed by atoms with Crippen LogP contribution in [0.4, 0.5) is 0 Å². The quantitative estimate of drug-likeness (QED) is 0.550. The second-order valence-corrected chi connectivity index (χ2v) is 6.35. The van der Waals surface area contributed by atoms with Gasteiger partial charge in [-0.25, -0.2) is 5.43 Å². The van der Waals surface area contributed by atoms with Crippen LogP contribution in [0.3, 0.4) is 0 Å². The third kappa shape index (κ3) is 6.07. The summed E-state index contributed by atoms with van der Waals surface area (Å²) in [5.41, 5.74) is 4.59. The van der Waals surface area contributed by atoms with Gasteiger partial charge in [0.2, 0.25) is 0 Å². The van der Waals surface area contributed by atoms with Crippen molar-refractivity contribution in [1.29, 1.82) is 0 Å². The number of carbonyl (C=O) groups excluding carboxylic acids is 1. The van der Waals surface area contributed by atoms with Gasteiger partial charge in [0.25, 0.3) is 5.91 Å². The van der Waals surface area contributed by atoms with Crippen LogP contribution in [0.2, 0.25) is 10.0 Å². The Morgan fingerprint density at radius 1 is 1.20 bits per heavy atom. The molecule has 1 amide bonds. The minimum Gasteiger partial charge on any atom is -0.479 e. The highest BCUT2D eigenvalue weighted by Crippen LogP contribution is 2.28. The summed E-state index contributed by atoms with van der Waals surface area (Å²) >= 11 is 11.9. The minimum atomic E-state index is -0.739. The van der Waals surface area contributed by atoms with Crippen molar-refractivity contribution in [2.45, 2.75) is 32.8 Å². The van der Waals surface area contributed by atoms with Crippen molar-refractivity contribution >= 4 is 34.8 Å². The highest BCUT2D eigenvalue weighted by atomic mass is 35.5. The van der Waals surface area contributed by atoms with E-state index in [0.717, 1.165) is 17.7 Å². The van der Waals surface area contributed by atoms with Crippen molar-refractivity contribution in [3.63, 3.8) is 0 Å². The molecule has 0 heterocycles. The summed E-state index contributed by atoms with van der Waals surface area (Å²) in [6.45, 7) is 3.64. The van der Waals surface area contributed by atoms with E-state index in [0.29, 0.717) is 22.2 Å². The van der Waals surface area contributed by atoms with Crippen molar-refractivity contribution in [2.75, 3.05) is 0 Å². The molecule has 132 valence electrons. The largest absolute Gasteiger partial charge is 0.479 e. The van der Waals surface area contributed by atoms with Crippen molar-refractivity contribution < 1.29 is 9.53 Å². The topological polar surface area (TPSA) is 50.7 Å². The smallest absolute Gasteiger partial charge is 0.280 e. The van der Waals surface area contributed by atoms with Gasteiger partial charge in [0, 0.05) is 17.2 Å². The number of carbonyl (C=O) groups is 1. The van der Waals surface area contributed by atoms with Crippen LogP contribution in [-0.2, 0) is 11.2 Å². The van der Waals surface area contributed by atoms with Crippen LogP contribution < -0.4 is 10.2 Å². The molecule has 1 atom stereocenters. The van der Waals surface area contributed by atoms with Crippen LogP contribution in [-0.4, -0.2) is 17.7 Å². The summed E-state index contributed by atoms with van der Waals surface area (Å²) in [6.07, 6.45) is 0.695. The molecule has 2 aromatic rings. The standard InChI is InChI=1S/C19H20Cl2N2O2/c1-3-16(11-14-7-5-4-6-8-14)22-23-19(24)13(2)25-18-10-9-15(20)12-17(18)21/h4-10,12-13H,3,11H2,1-2H3,(H,23,24)/b22-16-/t13-/m0/s1. The lowest BCUT2D eigenvalue weighted by molar-refractivity contribution is -0.127. The predicted molar refractivity (Wildman–Crippen MR) is 103 cm³/mol. The number of ether oxygens (including phenoxy) is 1. The van der Waals surface area contributed by atoms with Crippen LogP contribution in [0.5, 0.6) is 5.75 Å². The van der Waals surface area contributed by atoms with Crippen LogP contribution in [0.25, 0.3) is 0 Å². The first-order chi connectivity index (χ1) is 12.0. The third-order valence-electron chi connectivity index (χ3n) is 3.55. The summed E-state index contributed by atoms with van der Waals surface area (Å²) in [5.74, 6) is 0.0581. The van der Waals surface area contributed by atoms with Crippen molar-refractivity contribution in [3.8, 4) is 5.75 Å². The zero-order valence-electron chi connectivity index (χ0n) is 14.1. The summed E-state index contributed by atoms with van der Waals surface area (Å²) in [6, 6.07) is 14.8. The van der Waals surface area contributed by atoms with E-state index in [1.54, 1.807) is 25.1 Å². The highest BCUT2D eigenvalue weighted by Gasteiger charge is 2.16. The Labute approximate surface area is 157 Å². The zero-order valence-corrected chi connectivity index (χ0v) is 15.6. The number of halogens is 2. The number of amides is 1. The fourth-order valence-electron chi connectivity index (χ4n) is 2.11. The van der Waals surface area contributed by atoms with E-state index >= 15 is 0 Å². The first kappa shape index (κ1) is 19.3. The average molecular weight is 379 g/mol. The number of hydrazone groups is 1. The molecule has 0 aromatic heterocycles. The molecule has 0 fully saturated rings. The highest BCUT2D eigenvalue weighted by molar-refractivity contribution is 6.35. The molecule has 0 radical (unpaired) electrons. The normalized spacial score (nSPS) is 12.6. The van der Waals surface area contributed by atoms with Gasteiger partial charge in [-0.1, -0.05) is 60.5 Å². The van der Waals surface area contributed by atoms with Crippen molar-refractivity contribution in [3.05, 3.63) is 64.1 Å². The van der Waals surface area contributed by atoms with E-state index in [1.165, 1.54) is 0 Å². The summed E-state index contributed by atoms with van der Waals surface area (Å²) in [7, 11) is 0. The van der Waals surface area contributed by atoms with Crippen LogP contribution in [0, 0.1) is 0 Å². The Balaban J connectivity index is 1.95. The van der Waals surface area contributed by atoms with Crippen molar-refractivity contribution in [1.82, 2.24) is 5.43 Å². The van der Waals surface area contributed by atoms with E-state index < -0.39 is 6.10 Å². The van der Waals surface area contributed by atoms with Gasteiger partial charge >= 0.3 is 0 Å². The molecule has 2 rings (SSSR count). The molecule has 6 heteroatoms. The summed E-state index contributed by atoms with van der Waals surface area (Å²) < 4.78 is 5.57. The van der Waals surface area contributed by atoms with Crippen molar-refractivity contribution in [2.24, 2.45) is 5.10 Å². The van der Waals surface area contributed by atoms with Crippen LogP contribution >= 0.6 is 23.2 Å². The average Bonchev–Trinajstić information content (AvgIpc) is 2.61. The maximum atomic E-state index is 12.2. The second kappa shape index (κ2) is 9.44. The van der Waals surface area contributed by atoms with E-state index in [4.69, 9.17) is 27.9 Å². The lowest BCUT2D eigenvalue weighted by atomic mass is 10.1. The molecule has 2 aromatic carbocycles. The van der Waals surface area contributed by atoms with Crippen LogP contribution in [0.1, 0.15) is 25.8 Å². The fraction of sp³-hybridized carbons (Fsp3) is 0.263. The molecule has 0 aliphatic heterocycles. The number of benzene rings is 2. The number of nitrogens with one attached hydrogen (secondary N) is 1. The zero-order chi connectivity index (χ0) is 18.2. The molecule has 25 heavy (non-hydrogen) atoms. The van der Waals surface area contributed by atoms with Gasteiger partial charge in [0.1, 0.15) is 5.75 Å². The third-order valence-corrected chi connectivity index (χ3v) is 4.08. The minimum absolute atomic E-state index is 0.343. The molecule has 4 nitrogen and oxygen atoms in total. The molecule has 0 bridgehead atoms. The van der Waals surface area contributed by atoms with E-state index in [-0.39, 0.29) is 5.91 Å². The number of hydrogen-bond acceptors (Lipinski definition) is 3. The number of rotatable bonds is 7. The predicted octanol–water partition coefficient (Wildman–Crippen LogP) is 4.89. The first-order valence-corrected chi connectivity index (χ1v) is 8.76. The van der Waals surface area contributed by atoms with E-state index in [2.05, 4.69) is 10.5 Å². The molecule has 0 aliphatic rings. The Morgan fingerprint density at radius 2 is 1.92 bits per heavy atom. The maximum absolute atomic E-state index is 12.2. The molecule has 0 saturated heterocycles. The van der Waals surface area contributed by atoms with Gasteiger partial charge in [0.05, 0.1) is 5.02 Å². The number of hydrogen-bond donors (Lipinski definition) is 1. The first-order valence-electron chi connectivity index (χ1n) is 8.00. The number of nitrogens with zero attached hydrogens (tertiary/aromatic N) is 1. The lowest BCUT2D eigenvalue weighted by Gasteiger charge is -2.14. The monoisotopic (exact) mass is 378 g/mol. The lowest BCUT2D eigenvalue weighted by Crippen LogP contribution is -2.34. The van der Waals surface area contributed by atoms with E-state index in [1.807, 2.05) is 37.3 Å². The molecule has 0 unspecified atom stereocenters.